The van der Waals surface area contributed by atoms with Gasteiger partial charge in [0.2, 0.25) is 0 Å². The molecule has 5 nitrogen and oxygen atoms in total. The summed E-state index contributed by atoms with van der Waals surface area (Å²) in [5.41, 5.74) is 1.92. The topological polar surface area (TPSA) is 72.8 Å². The third-order valence-corrected chi connectivity index (χ3v) is 4.09. The lowest BCUT2D eigenvalue weighted by molar-refractivity contribution is 0.0683. The highest BCUT2D eigenvalue weighted by atomic mass is 35.5. The fourth-order valence-electron chi connectivity index (χ4n) is 2.76. The summed E-state index contributed by atoms with van der Waals surface area (Å²) >= 11 is 6.02. The van der Waals surface area contributed by atoms with Gasteiger partial charge in [-0.25, -0.2) is 0 Å². The molecule has 0 saturated carbocycles. The second kappa shape index (κ2) is 6.01. The third-order valence-electron chi connectivity index (χ3n) is 3.86. The van der Waals surface area contributed by atoms with Gasteiger partial charge in [-0.2, -0.15) is 0 Å². The number of rotatable bonds is 3. The molecule has 0 bridgehead atoms. The van der Waals surface area contributed by atoms with Crippen LogP contribution in [0.5, 0.6) is 11.5 Å². The molecule has 0 saturated heterocycles. The van der Waals surface area contributed by atoms with Crippen molar-refractivity contribution in [1.29, 1.82) is 0 Å². The molecule has 0 aliphatic carbocycles. The number of phenols is 2. The average molecular weight is 333 g/mol. The number of hydrogen-bond donors (Lipinski definition) is 3. The van der Waals surface area contributed by atoms with E-state index in [9.17, 15) is 15.0 Å². The zero-order valence-electron chi connectivity index (χ0n) is 12.6. The summed E-state index contributed by atoms with van der Waals surface area (Å²) in [5, 5.41) is 23.1. The number of hydrogen-bond acceptors (Lipinski definition) is 4. The molecule has 23 heavy (non-hydrogen) atoms. The van der Waals surface area contributed by atoms with Crippen molar-refractivity contribution < 1.29 is 15.0 Å². The Kier molecular flexibility index (Phi) is 4.05. The highest BCUT2D eigenvalue weighted by Crippen LogP contribution is 2.37. The summed E-state index contributed by atoms with van der Waals surface area (Å²) in [5.74, 6) is -0.499. The summed E-state index contributed by atoms with van der Waals surface area (Å²) in [4.78, 5) is 14.5. The Morgan fingerprint density at radius 2 is 1.96 bits per heavy atom. The number of nitrogens with one attached hydrogen (secondary N) is 1. The van der Waals surface area contributed by atoms with Crippen molar-refractivity contribution in [2.75, 3.05) is 11.9 Å². The first-order chi connectivity index (χ1) is 11.0. The van der Waals surface area contributed by atoms with Crippen LogP contribution in [-0.4, -0.2) is 27.6 Å². The molecule has 1 heterocycles. The SMILES string of the molecule is CCCN1C(=O)c2ccc(Cl)cc2NC1c1ccc(O)c(O)c1. The molecule has 2 aromatic rings. The first-order valence-corrected chi connectivity index (χ1v) is 7.78. The molecule has 1 amide bonds. The van der Waals surface area contributed by atoms with E-state index in [0.717, 1.165) is 6.42 Å². The van der Waals surface area contributed by atoms with Gasteiger partial charge >= 0.3 is 0 Å². The van der Waals surface area contributed by atoms with Crippen LogP contribution >= 0.6 is 11.6 Å². The summed E-state index contributed by atoms with van der Waals surface area (Å²) in [6, 6.07) is 9.66. The molecular formula is C17H17ClN2O3. The highest BCUT2D eigenvalue weighted by Gasteiger charge is 2.32. The first kappa shape index (κ1) is 15.5. The Bertz CT molecular complexity index is 763. The second-order valence-corrected chi connectivity index (χ2v) is 5.92. The van der Waals surface area contributed by atoms with Crippen LogP contribution in [0, 0.1) is 0 Å². The lowest BCUT2D eigenvalue weighted by Crippen LogP contribution is -2.43. The molecule has 1 unspecified atom stereocenters. The number of phenolic OH excluding ortho intramolecular Hbond substituents is 2. The Labute approximate surface area is 139 Å². The average Bonchev–Trinajstić information content (AvgIpc) is 2.52. The largest absolute Gasteiger partial charge is 0.504 e. The van der Waals surface area contributed by atoms with E-state index in [1.165, 1.54) is 12.1 Å². The molecule has 1 aliphatic rings. The Morgan fingerprint density at radius 3 is 2.65 bits per heavy atom. The maximum Gasteiger partial charge on any atom is 0.257 e. The summed E-state index contributed by atoms with van der Waals surface area (Å²) < 4.78 is 0. The van der Waals surface area contributed by atoms with Gasteiger partial charge < -0.3 is 20.4 Å². The molecule has 0 radical (unpaired) electrons. The first-order valence-electron chi connectivity index (χ1n) is 7.40. The van der Waals surface area contributed by atoms with Gasteiger partial charge in [0.15, 0.2) is 11.5 Å². The smallest absolute Gasteiger partial charge is 0.257 e. The van der Waals surface area contributed by atoms with E-state index in [-0.39, 0.29) is 17.4 Å². The minimum atomic E-state index is -0.431. The van der Waals surface area contributed by atoms with E-state index in [0.29, 0.717) is 28.4 Å². The molecule has 3 rings (SSSR count). The van der Waals surface area contributed by atoms with Gasteiger partial charge in [0.25, 0.3) is 5.91 Å². The molecule has 6 heteroatoms. The summed E-state index contributed by atoms with van der Waals surface area (Å²) in [7, 11) is 0. The quantitative estimate of drug-likeness (QED) is 0.749. The number of nitrogens with zero attached hydrogens (tertiary/aromatic N) is 1. The minimum absolute atomic E-state index is 0.0881. The van der Waals surface area contributed by atoms with E-state index < -0.39 is 6.17 Å². The maximum atomic E-state index is 12.8. The number of carbonyl (C=O) groups is 1. The molecular weight excluding hydrogens is 316 g/mol. The van der Waals surface area contributed by atoms with Crippen LogP contribution in [-0.2, 0) is 0 Å². The lowest BCUT2D eigenvalue weighted by Gasteiger charge is -2.38. The molecule has 0 spiro atoms. The van der Waals surface area contributed by atoms with Crippen molar-refractivity contribution in [2.45, 2.75) is 19.5 Å². The second-order valence-electron chi connectivity index (χ2n) is 5.48. The lowest BCUT2D eigenvalue weighted by atomic mass is 10.0. The minimum Gasteiger partial charge on any atom is -0.504 e. The van der Waals surface area contributed by atoms with Gasteiger partial charge in [0.05, 0.1) is 11.3 Å². The van der Waals surface area contributed by atoms with Crippen LogP contribution in [0.3, 0.4) is 0 Å². The fraction of sp³-hybridized carbons (Fsp3) is 0.235. The van der Waals surface area contributed by atoms with Gasteiger partial charge in [0.1, 0.15) is 6.17 Å². The molecule has 120 valence electrons. The van der Waals surface area contributed by atoms with E-state index in [1.807, 2.05) is 6.92 Å². The number of benzene rings is 2. The predicted octanol–water partition coefficient (Wildman–Crippen LogP) is 3.73. The number of anilines is 1. The number of halogens is 1. The molecule has 0 fully saturated rings. The van der Waals surface area contributed by atoms with E-state index >= 15 is 0 Å². The number of carbonyl (C=O) groups excluding carboxylic acids is 1. The molecule has 2 aromatic carbocycles. The summed E-state index contributed by atoms with van der Waals surface area (Å²) in [6.07, 6.45) is 0.372. The van der Waals surface area contributed by atoms with Crippen molar-refractivity contribution >= 4 is 23.2 Å². The van der Waals surface area contributed by atoms with Crippen LogP contribution in [0.25, 0.3) is 0 Å². The third kappa shape index (κ3) is 2.80. The van der Waals surface area contributed by atoms with Gasteiger partial charge in [-0.1, -0.05) is 24.6 Å². The van der Waals surface area contributed by atoms with Gasteiger partial charge in [-0.3, -0.25) is 4.79 Å². The van der Waals surface area contributed by atoms with Gasteiger partial charge in [0, 0.05) is 11.6 Å². The monoisotopic (exact) mass is 332 g/mol. The van der Waals surface area contributed by atoms with Crippen LogP contribution < -0.4 is 5.32 Å². The maximum absolute atomic E-state index is 12.8. The number of amides is 1. The standard InChI is InChI=1S/C17H17ClN2O3/c1-2-7-20-16(10-3-6-14(21)15(22)8-10)19-13-9-11(18)4-5-12(13)17(20)23/h3-6,8-9,16,19,21-22H,2,7H2,1H3. The van der Waals surface area contributed by atoms with Crippen molar-refractivity contribution in [2.24, 2.45) is 0 Å². The van der Waals surface area contributed by atoms with Crippen LogP contribution in [0.15, 0.2) is 36.4 Å². The number of fused-ring (bicyclic) bond motifs is 1. The molecule has 1 aliphatic heterocycles. The zero-order valence-corrected chi connectivity index (χ0v) is 13.3. The van der Waals surface area contributed by atoms with Crippen LogP contribution in [0.1, 0.15) is 35.4 Å². The van der Waals surface area contributed by atoms with E-state index in [2.05, 4.69) is 5.32 Å². The van der Waals surface area contributed by atoms with Gasteiger partial charge in [-0.15, -0.1) is 0 Å². The number of aromatic hydroxyl groups is 2. The van der Waals surface area contributed by atoms with E-state index in [4.69, 9.17) is 11.6 Å². The van der Waals surface area contributed by atoms with Crippen LogP contribution in [0.2, 0.25) is 5.02 Å². The molecule has 1 atom stereocenters. The van der Waals surface area contributed by atoms with Crippen molar-refractivity contribution in [1.82, 2.24) is 4.90 Å². The highest BCUT2D eigenvalue weighted by molar-refractivity contribution is 6.31. The molecule has 3 N–H and O–H groups in total. The van der Waals surface area contributed by atoms with Crippen LogP contribution in [0.4, 0.5) is 5.69 Å². The zero-order chi connectivity index (χ0) is 16.6. The van der Waals surface area contributed by atoms with E-state index in [1.54, 1.807) is 29.2 Å². The Hall–Kier alpha value is -2.40. The molecule has 0 aromatic heterocycles. The Balaban J connectivity index is 2.06. The normalized spacial score (nSPS) is 16.9. The van der Waals surface area contributed by atoms with Crippen molar-refractivity contribution in [3.8, 4) is 11.5 Å². The Morgan fingerprint density at radius 1 is 1.17 bits per heavy atom. The van der Waals surface area contributed by atoms with Crippen molar-refractivity contribution in [3.63, 3.8) is 0 Å². The fourth-order valence-corrected chi connectivity index (χ4v) is 2.94. The predicted molar refractivity (Wildman–Crippen MR) is 88.9 cm³/mol. The summed E-state index contributed by atoms with van der Waals surface area (Å²) in [6.45, 7) is 2.57. The van der Waals surface area contributed by atoms with Gasteiger partial charge in [-0.05, 0) is 42.3 Å². The van der Waals surface area contributed by atoms with Crippen molar-refractivity contribution in [3.05, 3.63) is 52.5 Å².